The zero-order valence-electron chi connectivity index (χ0n) is 7.27. The fourth-order valence-corrected chi connectivity index (χ4v) is 1.85. The van der Waals surface area contributed by atoms with Gasteiger partial charge in [-0.1, -0.05) is 0 Å². The summed E-state index contributed by atoms with van der Waals surface area (Å²) in [6, 6.07) is 3.17. The van der Waals surface area contributed by atoms with E-state index in [9.17, 15) is 9.59 Å². The molecule has 0 spiro atoms. The highest BCUT2D eigenvalue weighted by Crippen LogP contribution is 2.19. The van der Waals surface area contributed by atoms with Gasteiger partial charge >= 0.3 is 11.6 Å². The van der Waals surface area contributed by atoms with Crippen LogP contribution in [0.4, 0.5) is 0 Å². The highest BCUT2D eigenvalue weighted by molar-refractivity contribution is 7.17. The Bertz CT molecular complexity index is 537. The fraction of sp³-hybridized carbons (Fsp3) is 0.111. The quantitative estimate of drug-likeness (QED) is 0.671. The molecule has 0 amide bonds. The van der Waals surface area contributed by atoms with E-state index in [1.807, 2.05) is 0 Å². The first-order valence-electron chi connectivity index (χ1n) is 3.82. The average Bonchev–Trinajstić information content (AvgIpc) is 2.62. The van der Waals surface area contributed by atoms with Gasteiger partial charge in [-0.3, -0.25) is 0 Å². The van der Waals surface area contributed by atoms with Gasteiger partial charge in [-0.25, -0.2) is 9.59 Å². The van der Waals surface area contributed by atoms with Gasteiger partial charge < -0.3 is 9.15 Å². The van der Waals surface area contributed by atoms with Crippen molar-refractivity contribution < 1.29 is 13.9 Å². The van der Waals surface area contributed by atoms with Gasteiger partial charge in [0.2, 0.25) is 0 Å². The number of hydrogen-bond donors (Lipinski definition) is 0. The maximum absolute atomic E-state index is 11.3. The van der Waals surface area contributed by atoms with E-state index in [-0.39, 0.29) is 5.56 Å². The molecule has 0 aliphatic carbocycles. The Morgan fingerprint density at radius 2 is 2.36 bits per heavy atom. The van der Waals surface area contributed by atoms with Crippen LogP contribution in [-0.2, 0) is 4.74 Å². The zero-order valence-corrected chi connectivity index (χ0v) is 8.09. The van der Waals surface area contributed by atoms with E-state index >= 15 is 0 Å². The van der Waals surface area contributed by atoms with Crippen LogP contribution in [0.1, 0.15) is 10.4 Å². The van der Waals surface area contributed by atoms with Gasteiger partial charge in [0.05, 0.1) is 11.8 Å². The summed E-state index contributed by atoms with van der Waals surface area (Å²) < 4.78 is 10.1. The van der Waals surface area contributed by atoms with Crippen molar-refractivity contribution in [3.63, 3.8) is 0 Å². The molecule has 0 aromatic carbocycles. The SMILES string of the molecule is COC(=O)c1cc2sccc2oc1=O. The molecule has 14 heavy (non-hydrogen) atoms. The Labute approximate surface area is 82.7 Å². The van der Waals surface area contributed by atoms with E-state index in [0.29, 0.717) is 5.58 Å². The zero-order chi connectivity index (χ0) is 10.1. The predicted molar refractivity (Wildman–Crippen MR) is 51.7 cm³/mol. The van der Waals surface area contributed by atoms with Gasteiger partial charge in [0.25, 0.3) is 0 Å². The fourth-order valence-electron chi connectivity index (χ4n) is 1.10. The van der Waals surface area contributed by atoms with E-state index in [1.54, 1.807) is 11.4 Å². The van der Waals surface area contributed by atoms with Gasteiger partial charge in [-0.2, -0.15) is 0 Å². The van der Waals surface area contributed by atoms with Gasteiger partial charge in [0.15, 0.2) is 0 Å². The van der Waals surface area contributed by atoms with Crippen LogP contribution in [0.3, 0.4) is 0 Å². The number of thiophene rings is 1. The molecular weight excluding hydrogens is 204 g/mol. The molecular formula is C9H6O4S. The molecule has 2 heterocycles. The molecule has 0 saturated heterocycles. The largest absolute Gasteiger partial charge is 0.465 e. The number of ether oxygens (including phenoxy) is 1. The summed E-state index contributed by atoms with van der Waals surface area (Å²) in [6.07, 6.45) is 0. The minimum Gasteiger partial charge on any atom is -0.465 e. The lowest BCUT2D eigenvalue weighted by Crippen LogP contribution is -2.14. The number of esters is 1. The molecule has 2 aromatic rings. The van der Waals surface area contributed by atoms with Crippen LogP contribution < -0.4 is 5.63 Å². The average molecular weight is 210 g/mol. The maximum atomic E-state index is 11.3. The predicted octanol–water partition coefficient (Wildman–Crippen LogP) is 1.64. The monoisotopic (exact) mass is 210 g/mol. The van der Waals surface area contributed by atoms with E-state index in [0.717, 1.165) is 4.70 Å². The molecule has 0 N–H and O–H groups in total. The summed E-state index contributed by atoms with van der Waals surface area (Å²) in [4.78, 5) is 22.4. The van der Waals surface area contributed by atoms with Gasteiger partial charge in [-0.15, -0.1) is 11.3 Å². The van der Waals surface area contributed by atoms with Crippen LogP contribution in [0.5, 0.6) is 0 Å². The minimum absolute atomic E-state index is 0.0672. The molecule has 72 valence electrons. The molecule has 0 fully saturated rings. The van der Waals surface area contributed by atoms with Crippen LogP contribution in [0.15, 0.2) is 26.7 Å². The van der Waals surface area contributed by atoms with Crippen molar-refractivity contribution in [2.45, 2.75) is 0 Å². The second kappa shape index (κ2) is 3.26. The molecule has 0 unspecified atom stereocenters. The van der Waals surface area contributed by atoms with Crippen molar-refractivity contribution in [1.82, 2.24) is 0 Å². The topological polar surface area (TPSA) is 56.5 Å². The third-order valence-corrected chi connectivity index (χ3v) is 2.61. The van der Waals surface area contributed by atoms with Crippen molar-refractivity contribution in [3.8, 4) is 0 Å². The Hall–Kier alpha value is -1.62. The highest BCUT2D eigenvalue weighted by Gasteiger charge is 2.13. The number of carbonyl (C=O) groups is 1. The molecule has 0 saturated carbocycles. The summed E-state index contributed by atoms with van der Waals surface area (Å²) in [7, 11) is 1.22. The molecule has 5 heteroatoms. The lowest BCUT2D eigenvalue weighted by atomic mass is 10.3. The third-order valence-electron chi connectivity index (χ3n) is 1.76. The van der Waals surface area contributed by atoms with Crippen molar-refractivity contribution in [2.75, 3.05) is 7.11 Å². The normalized spacial score (nSPS) is 10.4. The molecule has 0 radical (unpaired) electrons. The van der Waals surface area contributed by atoms with E-state index in [2.05, 4.69) is 4.74 Å². The summed E-state index contributed by atoms with van der Waals surface area (Å²) >= 11 is 1.40. The summed E-state index contributed by atoms with van der Waals surface area (Å²) in [5, 5.41) is 1.79. The summed E-state index contributed by atoms with van der Waals surface area (Å²) in [6.45, 7) is 0. The number of hydrogen-bond acceptors (Lipinski definition) is 5. The number of rotatable bonds is 1. The Balaban J connectivity index is 2.71. The smallest absolute Gasteiger partial charge is 0.351 e. The van der Waals surface area contributed by atoms with Crippen molar-refractivity contribution >= 4 is 27.6 Å². The lowest BCUT2D eigenvalue weighted by Gasteiger charge is -1.96. The van der Waals surface area contributed by atoms with Crippen LogP contribution in [0.2, 0.25) is 0 Å². The summed E-state index contributed by atoms with van der Waals surface area (Å²) in [5.74, 6) is -0.672. The molecule has 0 bridgehead atoms. The van der Waals surface area contributed by atoms with E-state index in [4.69, 9.17) is 4.42 Å². The van der Waals surface area contributed by atoms with Gasteiger partial charge in [0.1, 0.15) is 11.1 Å². The van der Waals surface area contributed by atoms with Gasteiger partial charge in [-0.05, 0) is 17.5 Å². The van der Waals surface area contributed by atoms with Crippen LogP contribution in [0.25, 0.3) is 10.3 Å². The first-order chi connectivity index (χ1) is 6.72. The summed E-state index contributed by atoms with van der Waals surface area (Å²) in [5.41, 5.74) is -0.238. The number of carbonyl (C=O) groups excluding carboxylic acids is 1. The molecule has 2 aromatic heterocycles. The van der Waals surface area contributed by atoms with Crippen molar-refractivity contribution in [1.29, 1.82) is 0 Å². The van der Waals surface area contributed by atoms with Crippen molar-refractivity contribution in [2.24, 2.45) is 0 Å². The second-order valence-electron chi connectivity index (χ2n) is 2.59. The van der Waals surface area contributed by atoms with Crippen LogP contribution >= 0.6 is 11.3 Å². The molecule has 4 nitrogen and oxygen atoms in total. The Morgan fingerprint density at radius 3 is 3.07 bits per heavy atom. The molecule has 0 aliphatic heterocycles. The molecule has 2 rings (SSSR count). The Morgan fingerprint density at radius 1 is 1.57 bits per heavy atom. The lowest BCUT2D eigenvalue weighted by molar-refractivity contribution is 0.0596. The first kappa shape index (κ1) is 8.96. The molecule has 0 aliphatic rings. The minimum atomic E-state index is -0.672. The van der Waals surface area contributed by atoms with E-state index < -0.39 is 11.6 Å². The number of methoxy groups -OCH3 is 1. The third kappa shape index (κ3) is 1.31. The van der Waals surface area contributed by atoms with Gasteiger partial charge in [0, 0.05) is 0 Å². The Kier molecular flexibility index (Phi) is 2.09. The first-order valence-corrected chi connectivity index (χ1v) is 4.70. The van der Waals surface area contributed by atoms with Crippen molar-refractivity contribution in [3.05, 3.63) is 33.5 Å². The standard InChI is InChI=1S/C9H6O4S/c1-12-8(10)5-4-7-6(2-3-14-7)13-9(5)11/h2-4H,1H3. The number of fused-ring (bicyclic) bond motifs is 1. The molecule has 0 atom stereocenters. The van der Waals surface area contributed by atoms with Crippen LogP contribution in [-0.4, -0.2) is 13.1 Å². The highest BCUT2D eigenvalue weighted by atomic mass is 32.1. The van der Waals surface area contributed by atoms with Crippen LogP contribution in [0, 0.1) is 0 Å². The van der Waals surface area contributed by atoms with E-state index in [1.165, 1.54) is 24.5 Å². The maximum Gasteiger partial charge on any atom is 0.351 e. The second-order valence-corrected chi connectivity index (χ2v) is 3.54.